The number of nitrogens with zero attached hydrogens (tertiary/aromatic N) is 5. The van der Waals surface area contributed by atoms with Crippen LogP contribution in [-0.2, 0) is 0 Å². The van der Waals surface area contributed by atoms with Crippen LogP contribution in [0.1, 0.15) is 0 Å². The van der Waals surface area contributed by atoms with E-state index >= 15 is 0 Å². The Balaban J connectivity index is 0.951. The van der Waals surface area contributed by atoms with Gasteiger partial charge in [0.2, 0.25) is 0 Å². The summed E-state index contributed by atoms with van der Waals surface area (Å²) in [7, 11) is 0. The maximum Gasteiger partial charge on any atom is 0.187 e. The normalized spacial score (nSPS) is 11.6. The van der Waals surface area contributed by atoms with E-state index in [2.05, 4.69) is 143 Å². The highest BCUT2D eigenvalue weighted by Crippen LogP contribution is 2.39. The Morgan fingerprint density at radius 2 is 0.964 bits per heavy atom. The molecule has 0 amide bonds. The van der Waals surface area contributed by atoms with Crippen LogP contribution >= 0.6 is 0 Å². The van der Waals surface area contributed by atoms with Gasteiger partial charge in [-0.15, -0.1) is 0 Å². The molecular formula is C51H29N5. The molecule has 4 aromatic heterocycles. The van der Waals surface area contributed by atoms with Crippen molar-refractivity contribution < 1.29 is 0 Å². The Bertz CT molecular complexity index is 3420. The fourth-order valence-corrected chi connectivity index (χ4v) is 8.17. The first-order valence-corrected chi connectivity index (χ1v) is 18.6. The van der Waals surface area contributed by atoms with E-state index in [9.17, 15) is 0 Å². The van der Waals surface area contributed by atoms with Gasteiger partial charge in [-0.25, -0.2) is 14.8 Å². The van der Waals surface area contributed by atoms with Crippen molar-refractivity contribution in [1.29, 1.82) is 0 Å². The third-order valence-corrected chi connectivity index (χ3v) is 10.9. The summed E-state index contributed by atoms with van der Waals surface area (Å²) in [6, 6.07) is 57.3. The summed E-state index contributed by atoms with van der Waals surface area (Å²) < 4.78 is 0. The minimum atomic E-state index is 0.605. The van der Waals surface area contributed by atoms with E-state index in [-0.39, 0.29) is 0 Å². The molecule has 0 aliphatic heterocycles. The predicted molar refractivity (Wildman–Crippen MR) is 231 cm³/mol. The molecule has 0 N–H and O–H groups in total. The van der Waals surface area contributed by atoms with Crippen LogP contribution in [0.2, 0.25) is 0 Å². The molecule has 258 valence electrons. The molecule has 11 rings (SSSR count). The fraction of sp³-hybridized carbons (Fsp3) is 0. The Kier molecular flexibility index (Phi) is 7.16. The van der Waals surface area contributed by atoms with E-state index < -0.39 is 0 Å². The van der Waals surface area contributed by atoms with Crippen molar-refractivity contribution in [1.82, 2.24) is 19.9 Å². The third-order valence-electron chi connectivity index (χ3n) is 10.9. The van der Waals surface area contributed by atoms with Gasteiger partial charge in [-0.1, -0.05) is 121 Å². The van der Waals surface area contributed by atoms with E-state index in [0.29, 0.717) is 5.69 Å². The Labute approximate surface area is 322 Å². The maximum atomic E-state index is 7.47. The van der Waals surface area contributed by atoms with Crippen molar-refractivity contribution in [2.24, 2.45) is 0 Å². The largest absolute Gasteiger partial charge is 0.254 e. The molecule has 11 aromatic rings. The van der Waals surface area contributed by atoms with Crippen LogP contribution in [0, 0.1) is 6.57 Å². The summed E-state index contributed by atoms with van der Waals surface area (Å²) in [5, 5.41) is 7.58. The number of benzene rings is 7. The Morgan fingerprint density at radius 3 is 1.68 bits per heavy atom. The van der Waals surface area contributed by atoms with Gasteiger partial charge >= 0.3 is 0 Å². The summed E-state index contributed by atoms with van der Waals surface area (Å²) >= 11 is 0. The van der Waals surface area contributed by atoms with E-state index in [1.807, 2.05) is 42.7 Å². The van der Waals surface area contributed by atoms with Gasteiger partial charge in [0.1, 0.15) is 0 Å². The highest BCUT2D eigenvalue weighted by molar-refractivity contribution is 6.13. The number of hydrogen-bond donors (Lipinski definition) is 0. The monoisotopic (exact) mass is 711 g/mol. The first-order valence-electron chi connectivity index (χ1n) is 18.6. The molecule has 0 spiro atoms. The quantitative estimate of drug-likeness (QED) is 0.104. The third kappa shape index (κ3) is 5.16. The minimum Gasteiger partial charge on any atom is -0.254 e. The molecule has 0 bridgehead atoms. The first-order chi connectivity index (χ1) is 27.7. The molecule has 5 heteroatoms. The molecule has 56 heavy (non-hydrogen) atoms. The lowest BCUT2D eigenvalue weighted by molar-refractivity contribution is 1.37. The molecule has 0 atom stereocenters. The number of rotatable bonds is 4. The topological polar surface area (TPSA) is 55.9 Å². The van der Waals surface area contributed by atoms with Crippen molar-refractivity contribution >= 4 is 71.0 Å². The van der Waals surface area contributed by atoms with Crippen LogP contribution in [0.25, 0.3) is 115 Å². The van der Waals surface area contributed by atoms with Crippen LogP contribution < -0.4 is 0 Å². The zero-order chi connectivity index (χ0) is 37.2. The second kappa shape index (κ2) is 12.7. The fourth-order valence-electron chi connectivity index (χ4n) is 8.17. The molecule has 0 saturated carbocycles. The molecule has 7 aromatic carbocycles. The second-order valence-corrected chi connectivity index (χ2v) is 14.1. The summed E-state index contributed by atoms with van der Waals surface area (Å²) in [5.41, 5.74) is 13.9. The van der Waals surface area contributed by atoms with Crippen molar-refractivity contribution in [2.45, 2.75) is 0 Å². The standard InChI is InChI=1S/C51H29N5/c1-52-39-21-25-47-37(29-39)28-38-30-45(44-9-5-27-54-51(44)50(38)56-47)33-12-10-31(11-13-33)40-22-23-41(43-8-3-2-7-42(40)43)32-14-16-34(17-15-32)46-24-20-36-19-18-35-6-4-26-53-48(35)49(36)55-46/h2-30H. The highest BCUT2D eigenvalue weighted by atomic mass is 14.8. The van der Waals surface area contributed by atoms with E-state index in [1.54, 1.807) is 0 Å². The molecule has 5 nitrogen and oxygen atoms in total. The Hall–Kier alpha value is -7.81. The van der Waals surface area contributed by atoms with Crippen LogP contribution in [0.15, 0.2) is 176 Å². The molecular weight excluding hydrogens is 683 g/mol. The number of hydrogen-bond acceptors (Lipinski definition) is 4. The molecule has 4 heterocycles. The lowest BCUT2D eigenvalue weighted by atomic mass is 9.90. The molecule has 0 fully saturated rings. The maximum absolute atomic E-state index is 7.47. The van der Waals surface area contributed by atoms with Gasteiger partial charge in [-0.05, 0) is 92.0 Å². The van der Waals surface area contributed by atoms with Crippen LogP contribution in [0.5, 0.6) is 0 Å². The van der Waals surface area contributed by atoms with Crippen molar-refractivity contribution in [3.8, 4) is 44.6 Å². The number of pyridine rings is 4. The average molecular weight is 712 g/mol. The van der Waals surface area contributed by atoms with E-state index in [1.165, 1.54) is 21.9 Å². The first kappa shape index (κ1) is 31.7. The van der Waals surface area contributed by atoms with Crippen LogP contribution in [0.4, 0.5) is 5.69 Å². The average Bonchev–Trinajstić information content (AvgIpc) is 3.27. The molecule has 0 unspecified atom stereocenters. The minimum absolute atomic E-state index is 0.605. The van der Waals surface area contributed by atoms with Crippen LogP contribution in [-0.4, -0.2) is 19.9 Å². The number of aromatic nitrogens is 4. The van der Waals surface area contributed by atoms with Gasteiger partial charge in [0.05, 0.1) is 39.8 Å². The zero-order valence-electron chi connectivity index (χ0n) is 30.0. The zero-order valence-corrected chi connectivity index (χ0v) is 30.0. The summed E-state index contributed by atoms with van der Waals surface area (Å²) in [6.45, 7) is 7.47. The molecule has 0 aliphatic carbocycles. The van der Waals surface area contributed by atoms with Crippen molar-refractivity contribution in [2.75, 3.05) is 0 Å². The summed E-state index contributed by atoms with van der Waals surface area (Å²) in [5.74, 6) is 0. The van der Waals surface area contributed by atoms with E-state index in [4.69, 9.17) is 21.5 Å². The predicted octanol–water partition coefficient (Wildman–Crippen LogP) is 13.4. The molecule has 0 aliphatic rings. The van der Waals surface area contributed by atoms with E-state index in [0.717, 1.165) is 88.0 Å². The van der Waals surface area contributed by atoms with Crippen molar-refractivity contribution in [3.05, 3.63) is 188 Å². The van der Waals surface area contributed by atoms with Crippen LogP contribution in [0.3, 0.4) is 0 Å². The van der Waals surface area contributed by atoms with Gasteiger partial charge in [0.25, 0.3) is 0 Å². The van der Waals surface area contributed by atoms with Gasteiger partial charge in [-0.2, -0.15) is 0 Å². The van der Waals surface area contributed by atoms with Crippen molar-refractivity contribution in [3.63, 3.8) is 0 Å². The van der Waals surface area contributed by atoms with Gasteiger partial charge < -0.3 is 0 Å². The lowest BCUT2D eigenvalue weighted by Crippen LogP contribution is -1.91. The molecule has 0 saturated heterocycles. The van der Waals surface area contributed by atoms with Gasteiger partial charge in [0, 0.05) is 39.5 Å². The summed E-state index contributed by atoms with van der Waals surface area (Å²) in [6.07, 6.45) is 3.66. The molecule has 0 radical (unpaired) electrons. The van der Waals surface area contributed by atoms with Gasteiger partial charge in [0.15, 0.2) is 5.69 Å². The second-order valence-electron chi connectivity index (χ2n) is 14.1. The summed E-state index contributed by atoms with van der Waals surface area (Å²) in [4.78, 5) is 23.1. The SMILES string of the molecule is [C-]#[N+]c1ccc2nc3c(cc(-c4ccc(-c5ccc(-c6ccc(-c7ccc8ccc9cccnc9c8n7)cc6)c6ccccc56)cc4)c4cccnc43)cc2c1. The van der Waals surface area contributed by atoms with Gasteiger partial charge in [-0.3, -0.25) is 9.97 Å². The number of fused-ring (bicyclic) bond motifs is 8. The lowest BCUT2D eigenvalue weighted by Gasteiger charge is -2.14. The smallest absolute Gasteiger partial charge is 0.187 e. The highest BCUT2D eigenvalue weighted by Gasteiger charge is 2.15. The Morgan fingerprint density at radius 1 is 0.375 bits per heavy atom.